The highest BCUT2D eigenvalue weighted by molar-refractivity contribution is 6.30. The van der Waals surface area contributed by atoms with Crippen LogP contribution in [0.25, 0.3) is 0 Å². The zero-order valence-electron chi connectivity index (χ0n) is 9.21. The molecule has 0 saturated carbocycles. The van der Waals surface area contributed by atoms with Crippen molar-refractivity contribution in [2.75, 3.05) is 5.73 Å². The second-order valence-electron chi connectivity index (χ2n) is 3.70. The van der Waals surface area contributed by atoms with Crippen molar-refractivity contribution in [3.05, 3.63) is 52.8 Å². The zero-order chi connectivity index (χ0) is 12.4. The normalized spacial score (nSPS) is 10.3. The van der Waals surface area contributed by atoms with Crippen molar-refractivity contribution in [1.29, 1.82) is 0 Å². The van der Waals surface area contributed by atoms with Gasteiger partial charge in [0.15, 0.2) is 5.75 Å². The van der Waals surface area contributed by atoms with Crippen LogP contribution in [0.3, 0.4) is 0 Å². The first kappa shape index (κ1) is 11.7. The van der Waals surface area contributed by atoms with Crippen LogP contribution in [0.2, 0.25) is 5.02 Å². The molecule has 0 aliphatic carbocycles. The second-order valence-corrected chi connectivity index (χ2v) is 4.13. The molecule has 0 bridgehead atoms. The predicted octanol–water partition coefficient (Wildman–Crippen LogP) is 4.16. The van der Waals surface area contributed by atoms with Crippen LogP contribution >= 0.6 is 11.6 Å². The molecular weight excluding hydrogens is 241 g/mol. The van der Waals surface area contributed by atoms with Crippen molar-refractivity contribution in [1.82, 2.24) is 0 Å². The molecule has 0 atom stereocenters. The van der Waals surface area contributed by atoms with Crippen molar-refractivity contribution in [3.8, 4) is 11.5 Å². The summed E-state index contributed by atoms with van der Waals surface area (Å²) in [5.41, 5.74) is 6.75. The number of anilines is 1. The molecule has 0 radical (unpaired) electrons. The summed E-state index contributed by atoms with van der Waals surface area (Å²) < 4.78 is 18.8. The molecule has 0 unspecified atom stereocenters. The van der Waals surface area contributed by atoms with Crippen LogP contribution in [-0.4, -0.2) is 0 Å². The maximum atomic E-state index is 13.3. The summed E-state index contributed by atoms with van der Waals surface area (Å²) >= 11 is 5.83. The SMILES string of the molecule is Cc1ccc(Oc2cc(Cl)ccc2N)cc1F. The Kier molecular flexibility index (Phi) is 3.20. The van der Waals surface area contributed by atoms with Crippen LogP contribution in [0.15, 0.2) is 36.4 Å². The van der Waals surface area contributed by atoms with E-state index in [4.69, 9.17) is 22.1 Å². The Morgan fingerprint density at radius 1 is 1.18 bits per heavy atom. The molecule has 2 nitrogen and oxygen atoms in total. The van der Waals surface area contributed by atoms with E-state index in [0.29, 0.717) is 27.8 Å². The van der Waals surface area contributed by atoms with E-state index in [0.717, 1.165) is 0 Å². The van der Waals surface area contributed by atoms with E-state index in [1.54, 1.807) is 37.3 Å². The number of nitrogens with two attached hydrogens (primary N) is 1. The molecule has 0 aliphatic heterocycles. The molecule has 17 heavy (non-hydrogen) atoms. The number of rotatable bonds is 2. The summed E-state index contributed by atoms with van der Waals surface area (Å²) in [6, 6.07) is 9.54. The van der Waals surface area contributed by atoms with Gasteiger partial charge in [0.2, 0.25) is 0 Å². The molecule has 0 aromatic heterocycles. The number of hydrogen-bond acceptors (Lipinski definition) is 2. The lowest BCUT2D eigenvalue weighted by molar-refractivity contribution is 0.478. The molecule has 0 saturated heterocycles. The van der Waals surface area contributed by atoms with E-state index in [2.05, 4.69) is 0 Å². The largest absolute Gasteiger partial charge is 0.455 e. The maximum Gasteiger partial charge on any atom is 0.151 e. The van der Waals surface area contributed by atoms with Gasteiger partial charge in [0.05, 0.1) is 5.69 Å². The monoisotopic (exact) mass is 251 g/mol. The highest BCUT2D eigenvalue weighted by Crippen LogP contribution is 2.30. The van der Waals surface area contributed by atoms with Crippen LogP contribution in [0.1, 0.15) is 5.56 Å². The summed E-state index contributed by atoms with van der Waals surface area (Å²) in [4.78, 5) is 0. The number of aryl methyl sites for hydroxylation is 1. The Bertz CT molecular complexity index is 557. The fourth-order valence-electron chi connectivity index (χ4n) is 1.36. The number of nitrogen functional groups attached to an aromatic ring is 1. The zero-order valence-corrected chi connectivity index (χ0v) is 9.96. The highest BCUT2D eigenvalue weighted by atomic mass is 35.5. The van der Waals surface area contributed by atoms with E-state index in [1.807, 2.05) is 0 Å². The molecule has 0 spiro atoms. The molecule has 0 fully saturated rings. The third kappa shape index (κ3) is 2.68. The Hall–Kier alpha value is -1.74. The smallest absolute Gasteiger partial charge is 0.151 e. The van der Waals surface area contributed by atoms with Gasteiger partial charge in [-0.25, -0.2) is 4.39 Å². The number of hydrogen-bond donors (Lipinski definition) is 1. The van der Waals surface area contributed by atoms with E-state index in [1.165, 1.54) is 6.07 Å². The van der Waals surface area contributed by atoms with Gasteiger partial charge >= 0.3 is 0 Å². The van der Waals surface area contributed by atoms with Crippen LogP contribution in [-0.2, 0) is 0 Å². The second kappa shape index (κ2) is 4.63. The third-order valence-corrected chi connectivity index (χ3v) is 2.58. The van der Waals surface area contributed by atoms with E-state index < -0.39 is 0 Å². The average molecular weight is 252 g/mol. The summed E-state index contributed by atoms with van der Waals surface area (Å²) in [5, 5.41) is 0.516. The van der Waals surface area contributed by atoms with Gasteiger partial charge in [0.1, 0.15) is 11.6 Å². The van der Waals surface area contributed by atoms with Crippen molar-refractivity contribution in [2.45, 2.75) is 6.92 Å². The van der Waals surface area contributed by atoms with Crippen molar-refractivity contribution in [2.24, 2.45) is 0 Å². The molecule has 0 heterocycles. The Morgan fingerprint density at radius 2 is 1.94 bits per heavy atom. The first-order valence-corrected chi connectivity index (χ1v) is 5.43. The fraction of sp³-hybridized carbons (Fsp3) is 0.0769. The van der Waals surface area contributed by atoms with Gasteiger partial charge in [-0.3, -0.25) is 0 Å². The van der Waals surface area contributed by atoms with Crippen molar-refractivity contribution < 1.29 is 9.13 Å². The number of halogens is 2. The highest BCUT2D eigenvalue weighted by Gasteiger charge is 2.05. The van der Waals surface area contributed by atoms with Gasteiger partial charge < -0.3 is 10.5 Å². The Morgan fingerprint density at radius 3 is 2.65 bits per heavy atom. The molecule has 2 aromatic carbocycles. The fourth-order valence-corrected chi connectivity index (χ4v) is 1.52. The van der Waals surface area contributed by atoms with Crippen molar-refractivity contribution >= 4 is 17.3 Å². The minimum Gasteiger partial charge on any atom is -0.455 e. The number of benzene rings is 2. The molecule has 2 N–H and O–H groups in total. The minimum atomic E-state index is -0.317. The first-order valence-electron chi connectivity index (χ1n) is 5.05. The van der Waals surface area contributed by atoms with Crippen LogP contribution < -0.4 is 10.5 Å². The van der Waals surface area contributed by atoms with Gasteiger partial charge in [0.25, 0.3) is 0 Å². The van der Waals surface area contributed by atoms with Crippen LogP contribution in [0.4, 0.5) is 10.1 Å². The molecule has 0 amide bonds. The minimum absolute atomic E-state index is 0.317. The molecule has 2 rings (SSSR count). The van der Waals surface area contributed by atoms with Gasteiger partial charge in [-0.2, -0.15) is 0 Å². The quantitative estimate of drug-likeness (QED) is 0.814. The van der Waals surface area contributed by atoms with Gasteiger partial charge in [-0.05, 0) is 30.7 Å². The summed E-state index contributed by atoms with van der Waals surface area (Å²) in [6.45, 7) is 1.69. The molecular formula is C13H11ClFNO. The van der Waals surface area contributed by atoms with Crippen LogP contribution in [0.5, 0.6) is 11.5 Å². The molecule has 88 valence electrons. The summed E-state index contributed by atoms with van der Waals surface area (Å²) in [7, 11) is 0. The lowest BCUT2D eigenvalue weighted by Crippen LogP contribution is -1.92. The summed E-state index contributed by atoms with van der Waals surface area (Å²) in [5.74, 6) is 0.492. The third-order valence-electron chi connectivity index (χ3n) is 2.35. The maximum absolute atomic E-state index is 13.3. The van der Waals surface area contributed by atoms with Gasteiger partial charge in [-0.15, -0.1) is 0 Å². The van der Waals surface area contributed by atoms with Gasteiger partial charge in [-0.1, -0.05) is 17.7 Å². The molecule has 4 heteroatoms. The summed E-state index contributed by atoms with van der Waals surface area (Å²) in [6.07, 6.45) is 0. The number of ether oxygens (including phenoxy) is 1. The van der Waals surface area contributed by atoms with E-state index in [-0.39, 0.29) is 5.82 Å². The van der Waals surface area contributed by atoms with Crippen molar-refractivity contribution in [3.63, 3.8) is 0 Å². The first-order chi connectivity index (χ1) is 8.06. The molecule has 2 aromatic rings. The Labute approximate surface area is 104 Å². The lowest BCUT2D eigenvalue weighted by atomic mass is 10.2. The predicted molar refractivity (Wildman–Crippen MR) is 67.1 cm³/mol. The topological polar surface area (TPSA) is 35.2 Å². The van der Waals surface area contributed by atoms with Gasteiger partial charge in [0, 0.05) is 17.2 Å². The Balaban J connectivity index is 2.31. The molecule has 0 aliphatic rings. The standard InChI is InChI=1S/C13H11ClFNO/c1-8-2-4-10(7-11(8)15)17-13-6-9(14)3-5-12(13)16/h2-7H,16H2,1H3. The van der Waals surface area contributed by atoms with Crippen LogP contribution in [0, 0.1) is 12.7 Å². The van der Waals surface area contributed by atoms with E-state index in [9.17, 15) is 4.39 Å². The lowest BCUT2D eigenvalue weighted by Gasteiger charge is -2.09. The van der Waals surface area contributed by atoms with E-state index >= 15 is 0 Å². The average Bonchev–Trinajstić information content (AvgIpc) is 2.29.